The smallest absolute Gasteiger partial charge is 0.254 e. The number of nitrogens with zero attached hydrogens (tertiary/aromatic N) is 4. The van der Waals surface area contributed by atoms with Crippen LogP contribution >= 0.6 is 0 Å². The van der Waals surface area contributed by atoms with Gasteiger partial charge in [-0.05, 0) is 43.5 Å². The maximum absolute atomic E-state index is 12.9. The first-order valence-corrected chi connectivity index (χ1v) is 8.24. The normalized spacial score (nSPS) is 17.8. The molecule has 24 heavy (non-hydrogen) atoms. The fraction of sp³-hybridized carbons (Fsp3) is 0.444. The summed E-state index contributed by atoms with van der Waals surface area (Å²) in [7, 11) is 0. The molecule has 2 heterocycles. The third-order valence-electron chi connectivity index (χ3n) is 4.28. The van der Waals surface area contributed by atoms with Gasteiger partial charge in [-0.2, -0.15) is 10.2 Å². The van der Waals surface area contributed by atoms with Gasteiger partial charge in [-0.15, -0.1) is 0 Å². The summed E-state index contributed by atoms with van der Waals surface area (Å²) in [6.45, 7) is 4.69. The SMILES string of the molecule is CC(C)c1noc([C@H]2CCCCN2C(=O)c2ccc(C#N)cc2)n1. The number of hydrogen-bond donors (Lipinski definition) is 0. The van der Waals surface area contributed by atoms with E-state index in [1.807, 2.05) is 18.7 Å². The molecule has 6 nitrogen and oxygen atoms in total. The van der Waals surface area contributed by atoms with Crippen LogP contribution in [0.1, 0.15) is 72.7 Å². The molecule has 3 rings (SSSR count). The molecular weight excluding hydrogens is 304 g/mol. The summed E-state index contributed by atoms with van der Waals surface area (Å²) in [5.41, 5.74) is 1.12. The minimum absolute atomic E-state index is 0.0616. The van der Waals surface area contributed by atoms with Crippen molar-refractivity contribution in [2.45, 2.75) is 45.1 Å². The zero-order chi connectivity index (χ0) is 17.1. The zero-order valence-corrected chi connectivity index (χ0v) is 13.9. The molecule has 1 aliphatic heterocycles. The maximum atomic E-state index is 12.9. The van der Waals surface area contributed by atoms with E-state index in [2.05, 4.69) is 16.2 Å². The second kappa shape index (κ2) is 6.83. The zero-order valence-electron chi connectivity index (χ0n) is 13.9. The van der Waals surface area contributed by atoms with Gasteiger partial charge in [0, 0.05) is 18.0 Å². The highest BCUT2D eigenvalue weighted by molar-refractivity contribution is 5.94. The first-order chi connectivity index (χ1) is 11.6. The molecule has 1 aliphatic rings. The number of amides is 1. The minimum Gasteiger partial charge on any atom is -0.337 e. The number of nitriles is 1. The molecule has 0 saturated carbocycles. The van der Waals surface area contributed by atoms with Gasteiger partial charge in [0.15, 0.2) is 5.82 Å². The van der Waals surface area contributed by atoms with Gasteiger partial charge in [0.1, 0.15) is 6.04 Å². The Morgan fingerprint density at radius 1 is 1.33 bits per heavy atom. The molecule has 2 aromatic rings. The van der Waals surface area contributed by atoms with Gasteiger partial charge in [0.25, 0.3) is 5.91 Å². The summed E-state index contributed by atoms with van der Waals surface area (Å²) in [6.07, 6.45) is 2.81. The van der Waals surface area contributed by atoms with Crippen molar-refractivity contribution in [2.75, 3.05) is 6.54 Å². The summed E-state index contributed by atoms with van der Waals surface area (Å²) in [6, 6.07) is 8.60. The van der Waals surface area contributed by atoms with Crippen molar-refractivity contribution in [3.05, 3.63) is 47.1 Å². The Morgan fingerprint density at radius 2 is 2.08 bits per heavy atom. The average molecular weight is 324 g/mol. The predicted octanol–water partition coefficient (Wildman–Crippen LogP) is 3.43. The Balaban J connectivity index is 1.85. The van der Waals surface area contributed by atoms with E-state index in [4.69, 9.17) is 9.78 Å². The van der Waals surface area contributed by atoms with E-state index in [9.17, 15) is 4.79 Å². The van der Waals surface area contributed by atoms with Crippen LogP contribution in [0.25, 0.3) is 0 Å². The standard InChI is InChI=1S/C18H20N4O2/c1-12(2)16-20-17(24-21-16)15-5-3-4-10-22(15)18(23)14-8-6-13(11-19)7-9-14/h6-9,12,15H,3-5,10H2,1-2H3/t15-/m1/s1. The van der Waals surface area contributed by atoms with Crippen LogP contribution in [-0.4, -0.2) is 27.5 Å². The van der Waals surface area contributed by atoms with Crippen LogP contribution in [0.15, 0.2) is 28.8 Å². The van der Waals surface area contributed by atoms with Crippen molar-refractivity contribution in [1.29, 1.82) is 5.26 Å². The van der Waals surface area contributed by atoms with Crippen molar-refractivity contribution in [3.8, 4) is 6.07 Å². The molecule has 0 N–H and O–H groups in total. The number of aromatic nitrogens is 2. The summed E-state index contributed by atoms with van der Waals surface area (Å²) in [4.78, 5) is 19.2. The second-order valence-corrected chi connectivity index (χ2v) is 6.34. The Labute approximate surface area is 141 Å². The van der Waals surface area contributed by atoms with Gasteiger partial charge in [0.05, 0.1) is 11.6 Å². The van der Waals surface area contributed by atoms with Crippen LogP contribution < -0.4 is 0 Å². The average Bonchev–Trinajstić information content (AvgIpc) is 3.11. The lowest BCUT2D eigenvalue weighted by Gasteiger charge is -2.33. The molecule has 0 radical (unpaired) electrons. The third-order valence-corrected chi connectivity index (χ3v) is 4.28. The van der Waals surface area contributed by atoms with Gasteiger partial charge in [0.2, 0.25) is 5.89 Å². The van der Waals surface area contributed by atoms with Crippen molar-refractivity contribution in [2.24, 2.45) is 0 Å². The van der Waals surface area contributed by atoms with E-state index < -0.39 is 0 Å². The van der Waals surface area contributed by atoms with E-state index in [0.29, 0.717) is 29.4 Å². The number of carbonyl (C=O) groups is 1. The van der Waals surface area contributed by atoms with Crippen molar-refractivity contribution < 1.29 is 9.32 Å². The monoisotopic (exact) mass is 324 g/mol. The third kappa shape index (κ3) is 3.16. The lowest BCUT2D eigenvalue weighted by Crippen LogP contribution is -2.38. The molecule has 6 heteroatoms. The number of benzene rings is 1. The molecule has 1 atom stereocenters. The molecule has 0 spiro atoms. The van der Waals surface area contributed by atoms with Gasteiger partial charge < -0.3 is 9.42 Å². The van der Waals surface area contributed by atoms with Gasteiger partial charge in [-0.1, -0.05) is 19.0 Å². The fourth-order valence-electron chi connectivity index (χ4n) is 2.90. The lowest BCUT2D eigenvalue weighted by molar-refractivity contribution is 0.0561. The Bertz CT molecular complexity index is 758. The first-order valence-electron chi connectivity index (χ1n) is 8.24. The van der Waals surface area contributed by atoms with E-state index in [-0.39, 0.29) is 17.9 Å². The van der Waals surface area contributed by atoms with Crippen LogP contribution in [0.3, 0.4) is 0 Å². The molecule has 124 valence electrons. The van der Waals surface area contributed by atoms with Crippen molar-refractivity contribution in [3.63, 3.8) is 0 Å². The van der Waals surface area contributed by atoms with Crippen LogP contribution in [0.5, 0.6) is 0 Å². The number of hydrogen-bond acceptors (Lipinski definition) is 5. The van der Waals surface area contributed by atoms with Crippen LogP contribution in [0.2, 0.25) is 0 Å². The summed E-state index contributed by atoms with van der Waals surface area (Å²) in [5, 5.41) is 12.9. The van der Waals surface area contributed by atoms with Gasteiger partial charge >= 0.3 is 0 Å². The van der Waals surface area contributed by atoms with E-state index in [0.717, 1.165) is 19.3 Å². The van der Waals surface area contributed by atoms with Crippen LogP contribution in [-0.2, 0) is 0 Å². The molecule has 1 aromatic heterocycles. The van der Waals surface area contributed by atoms with E-state index in [1.165, 1.54) is 0 Å². The lowest BCUT2D eigenvalue weighted by atomic mass is 10.00. The van der Waals surface area contributed by atoms with Crippen molar-refractivity contribution >= 4 is 5.91 Å². The Kier molecular flexibility index (Phi) is 4.61. The minimum atomic E-state index is -0.179. The first kappa shape index (κ1) is 16.2. The predicted molar refractivity (Wildman–Crippen MR) is 87.2 cm³/mol. The van der Waals surface area contributed by atoms with E-state index in [1.54, 1.807) is 24.3 Å². The molecule has 0 bridgehead atoms. The molecular formula is C18H20N4O2. The summed E-state index contributed by atoms with van der Waals surface area (Å²) in [5.74, 6) is 1.31. The Morgan fingerprint density at radius 3 is 2.71 bits per heavy atom. The molecule has 1 aromatic carbocycles. The quantitative estimate of drug-likeness (QED) is 0.863. The molecule has 0 unspecified atom stereocenters. The largest absolute Gasteiger partial charge is 0.337 e. The number of rotatable bonds is 3. The van der Waals surface area contributed by atoms with Crippen LogP contribution in [0.4, 0.5) is 0 Å². The van der Waals surface area contributed by atoms with Crippen LogP contribution in [0, 0.1) is 11.3 Å². The van der Waals surface area contributed by atoms with E-state index >= 15 is 0 Å². The summed E-state index contributed by atoms with van der Waals surface area (Å²) >= 11 is 0. The topological polar surface area (TPSA) is 83.0 Å². The highest BCUT2D eigenvalue weighted by atomic mass is 16.5. The fourth-order valence-corrected chi connectivity index (χ4v) is 2.90. The van der Waals surface area contributed by atoms with Gasteiger partial charge in [-0.25, -0.2) is 0 Å². The molecule has 1 amide bonds. The molecule has 1 fully saturated rings. The number of piperidine rings is 1. The highest BCUT2D eigenvalue weighted by Gasteiger charge is 2.32. The number of likely N-dealkylation sites (tertiary alicyclic amines) is 1. The Hall–Kier alpha value is -2.68. The maximum Gasteiger partial charge on any atom is 0.254 e. The summed E-state index contributed by atoms with van der Waals surface area (Å²) < 4.78 is 5.42. The van der Waals surface area contributed by atoms with Gasteiger partial charge in [-0.3, -0.25) is 4.79 Å². The van der Waals surface area contributed by atoms with Crippen molar-refractivity contribution in [1.82, 2.24) is 15.0 Å². The number of carbonyl (C=O) groups excluding carboxylic acids is 1. The molecule has 0 aliphatic carbocycles. The highest BCUT2D eigenvalue weighted by Crippen LogP contribution is 2.31. The molecule has 1 saturated heterocycles. The second-order valence-electron chi connectivity index (χ2n) is 6.34.